The Hall–Kier alpha value is -4.91. The Balaban J connectivity index is 1.56. The lowest BCUT2D eigenvalue weighted by atomic mass is 10.1. The summed E-state index contributed by atoms with van der Waals surface area (Å²) in [5.41, 5.74) is 4.69. The molecule has 1 amide bonds. The maximum absolute atomic E-state index is 12.7. The molecule has 42 heavy (non-hydrogen) atoms. The van der Waals surface area contributed by atoms with Gasteiger partial charge < -0.3 is 28.4 Å². The summed E-state index contributed by atoms with van der Waals surface area (Å²) in [4.78, 5) is 12.7. The molecule has 0 saturated heterocycles. The highest BCUT2D eigenvalue weighted by Gasteiger charge is 2.21. The van der Waals surface area contributed by atoms with Crippen LogP contribution in [-0.4, -0.2) is 75.3 Å². The standard InChI is InChI=1S/C29H31N5O7S/c1-36-21-12-18(13-22(37-2)26(21)40-5)16-30-31-25(35)17-42-29-33-32-28(34(29)20-10-8-7-9-11-20)19-14-23(38-3)27(41-6)24(15-19)39-4/h7-16H,17H2,1-6H3,(H,31,35)/b30-16-. The summed E-state index contributed by atoms with van der Waals surface area (Å²) < 4.78 is 34.4. The zero-order valence-corrected chi connectivity index (χ0v) is 24.9. The van der Waals surface area contributed by atoms with Crippen molar-refractivity contribution in [3.05, 3.63) is 60.2 Å². The molecule has 4 rings (SSSR count). The van der Waals surface area contributed by atoms with Gasteiger partial charge in [-0.15, -0.1) is 10.2 Å². The van der Waals surface area contributed by atoms with Crippen molar-refractivity contribution in [2.75, 3.05) is 48.4 Å². The zero-order valence-electron chi connectivity index (χ0n) is 24.0. The van der Waals surface area contributed by atoms with Crippen LogP contribution in [0.2, 0.25) is 0 Å². The Labute approximate surface area is 247 Å². The number of nitrogens with one attached hydrogen (secondary N) is 1. The fourth-order valence-corrected chi connectivity index (χ4v) is 4.83. The van der Waals surface area contributed by atoms with Gasteiger partial charge in [-0.05, 0) is 36.4 Å². The van der Waals surface area contributed by atoms with E-state index in [-0.39, 0.29) is 11.7 Å². The van der Waals surface area contributed by atoms with Crippen molar-refractivity contribution in [2.24, 2.45) is 5.10 Å². The number of hydrogen-bond acceptors (Lipinski definition) is 11. The highest BCUT2D eigenvalue weighted by Crippen LogP contribution is 2.42. The molecule has 0 unspecified atom stereocenters. The normalized spacial score (nSPS) is 10.8. The van der Waals surface area contributed by atoms with E-state index >= 15 is 0 Å². The Morgan fingerprint density at radius 1 is 0.810 bits per heavy atom. The molecule has 12 nitrogen and oxygen atoms in total. The zero-order chi connectivity index (χ0) is 30.1. The van der Waals surface area contributed by atoms with Crippen molar-refractivity contribution >= 4 is 23.9 Å². The SMILES string of the molecule is COc1cc(/C=N\NC(=O)CSc2nnc(-c3cc(OC)c(OC)c(OC)c3)n2-c2ccccc2)cc(OC)c1OC. The van der Waals surface area contributed by atoms with E-state index in [1.807, 2.05) is 34.9 Å². The maximum Gasteiger partial charge on any atom is 0.250 e. The van der Waals surface area contributed by atoms with Crippen molar-refractivity contribution in [1.29, 1.82) is 0 Å². The molecule has 1 heterocycles. The molecule has 220 valence electrons. The molecular formula is C29H31N5O7S. The molecule has 0 aliphatic heterocycles. The monoisotopic (exact) mass is 593 g/mol. The minimum Gasteiger partial charge on any atom is -0.493 e. The van der Waals surface area contributed by atoms with Crippen LogP contribution in [0, 0.1) is 0 Å². The molecule has 0 spiro atoms. The first-order valence-corrected chi connectivity index (χ1v) is 13.5. The van der Waals surface area contributed by atoms with Crippen LogP contribution in [-0.2, 0) is 4.79 Å². The Kier molecular flexibility index (Phi) is 10.1. The van der Waals surface area contributed by atoms with Crippen molar-refractivity contribution in [1.82, 2.24) is 20.2 Å². The highest BCUT2D eigenvalue weighted by atomic mass is 32.2. The van der Waals surface area contributed by atoms with E-state index < -0.39 is 0 Å². The van der Waals surface area contributed by atoms with Crippen molar-refractivity contribution in [2.45, 2.75) is 5.16 Å². The predicted molar refractivity (Wildman–Crippen MR) is 159 cm³/mol. The summed E-state index contributed by atoms with van der Waals surface area (Å²) in [7, 11) is 9.22. The quantitative estimate of drug-likeness (QED) is 0.137. The van der Waals surface area contributed by atoms with E-state index in [4.69, 9.17) is 28.4 Å². The fraction of sp³-hybridized carbons (Fsp3) is 0.241. The second kappa shape index (κ2) is 14.1. The number of methoxy groups -OCH3 is 6. The minimum atomic E-state index is -0.333. The number of amides is 1. The second-order valence-electron chi connectivity index (χ2n) is 8.43. The van der Waals surface area contributed by atoms with Gasteiger partial charge in [-0.1, -0.05) is 30.0 Å². The summed E-state index contributed by atoms with van der Waals surface area (Å²) in [6.45, 7) is 0. The van der Waals surface area contributed by atoms with Crippen LogP contribution in [0.15, 0.2) is 64.9 Å². The first kappa shape index (κ1) is 30.1. The summed E-state index contributed by atoms with van der Waals surface area (Å²) >= 11 is 1.22. The molecular weight excluding hydrogens is 562 g/mol. The Morgan fingerprint density at radius 2 is 1.36 bits per heavy atom. The van der Waals surface area contributed by atoms with E-state index in [1.165, 1.54) is 39.3 Å². The number of benzene rings is 3. The van der Waals surface area contributed by atoms with E-state index in [2.05, 4.69) is 20.7 Å². The average molecular weight is 594 g/mol. The molecule has 1 aromatic heterocycles. The predicted octanol–water partition coefficient (Wildman–Crippen LogP) is 4.23. The van der Waals surface area contributed by atoms with Gasteiger partial charge >= 0.3 is 0 Å². The third-order valence-corrected chi connectivity index (χ3v) is 6.92. The molecule has 0 fully saturated rings. The van der Waals surface area contributed by atoms with Crippen LogP contribution < -0.4 is 33.8 Å². The van der Waals surface area contributed by atoms with E-state index in [0.29, 0.717) is 56.6 Å². The number of thioether (sulfide) groups is 1. The lowest BCUT2D eigenvalue weighted by Gasteiger charge is -2.15. The van der Waals surface area contributed by atoms with Crippen LogP contribution in [0.5, 0.6) is 34.5 Å². The molecule has 3 aromatic carbocycles. The smallest absolute Gasteiger partial charge is 0.250 e. The van der Waals surface area contributed by atoms with Crippen LogP contribution >= 0.6 is 11.8 Å². The van der Waals surface area contributed by atoms with Gasteiger partial charge in [-0.3, -0.25) is 9.36 Å². The summed E-state index contributed by atoms with van der Waals surface area (Å²) in [5, 5.41) is 13.4. The van der Waals surface area contributed by atoms with Crippen molar-refractivity contribution in [3.63, 3.8) is 0 Å². The third kappa shape index (κ3) is 6.52. The molecule has 0 radical (unpaired) electrons. The molecule has 0 atom stereocenters. The number of carbonyl (C=O) groups excluding carboxylic acids is 1. The van der Waals surface area contributed by atoms with E-state index in [1.54, 1.807) is 45.6 Å². The molecule has 0 saturated carbocycles. The van der Waals surface area contributed by atoms with Gasteiger partial charge in [-0.25, -0.2) is 5.43 Å². The van der Waals surface area contributed by atoms with Crippen molar-refractivity contribution in [3.8, 4) is 51.6 Å². The van der Waals surface area contributed by atoms with Gasteiger partial charge in [0.05, 0.1) is 54.6 Å². The van der Waals surface area contributed by atoms with Gasteiger partial charge in [-0.2, -0.15) is 5.10 Å². The third-order valence-electron chi connectivity index (χ3n) is 5.99. The largest absolute Gasteiger partial charge is 0.493 e. The maximum atomic E-state index is 12.7. The summed E-state index contributed by atoms with van der Waals surface area (Å²) in [6, 6.07) is 16.6. The van der Waals surface area contributed by atoms with Gasteiger partial charge in [0.15, 0.2) is 34.0 Å². The fourth-order valence-electron chi connectivity index (χ4n) is 4.09. The van der Waals surface area contributed by atoms with Crippen LogP contribution in [0.1, 0.15) is 5.56 Å². The molecule has 0 bridgehead atoms. The van der Waals surface area contributed by atoms with Crippen molar-refractivity contribution < 1.29 is 33.2 Å². The lowest BCUT2D eigenvalue weighted by molar-refractivity contribution is -0.118. The number of para-hydroxylation sites is 1. The first-order valence-electron chi connectivity index (χ1n) is 12.5. The van der Waals surface area contributed by atoms with Gasteiger partial charge in [0.1, 0.15) is 0 Å². The van der Waals surface area contributed by atoms with Gasteiger partial charge in [0.25, 0.3) is 5.91 Å². The number of aromatic nitrogens is 3. The highest BCUT2D eigenvalue weighted by molar-refractivity contribution is 7.99. The summed E-state index contributed by atoms with van der Waals surface area (Å²) in [5.74, 6) is 3.07. The molecule has 0 aliphatic rings. The molecule has 13 heteroatoms. The summed E-state index contributed by atoms with van der Waals surface area (Å²) in [6.07, 6.45) is 1.49. The van der Waals surface area contributed by atoms with Gasteiger partial charge in [0, 0.05) is 16.8 Å². The molecule has 1 N–H and O–H groups in total. The number of ether oxygens (including phenoxy) is 6. The second-order valence-corrected chi connectivity index (χ2v) is 9.37. The number of rotatable bonds is 13. The number of nitrogens with zero attached hydrogens (tertiary/aromatic N) is 4. The lowest BCUT2D eigenvalue weighted by Crippen LogP contribution is -2.20. The van der Waals surface area contributed by atoms with E-state index in [9.17, 15) is 4.79 Å². The molecule has 4 aromatic rings. The Bertz CT molecular complexity index is 1510. The van der Waals surface area contributed by atoms with Crippen LogP contribution in [0.4, 0.5) is 0 Å². The minimum absolute atomic E-state index is 0.0345. The number of carbonyl (C=O) groups is 1. The van der Waals surface area contributed by atoms with Crippen LogP contribution in [0.25, 0.3) is 17.1 Å². The van der Waals surface area contributed by atoms with E-state index in [0.717, 1.165) is 5.69 Å². The topological polar surface area (TPSA) is 128 Å². The first-order chi connectivity index (χ1) is 20.5. The Morgan fingerprint density at radius 3 is 1.88 bits per heavy atom. The van der Waals surface area contributed by atoms with Gasteiger partial charge in [0.2, 0.25) is 11.5 Å². The van der Waals surface area contributed by atoms with Crippen LogP contribution in [0.3, 0.4) is 0 Å². The number of hydrogen-bond donors (Lipinski definition) is 1. The number of hydrazone groups is 1. The average Bonchev–Trinajstić information content (AvgIpc) is 3.46. The molecule has 0 aliphatic carbocycles.